The van der Waals surface area contributed by atoms with Gasteiger partial charge >= 0.3 is 0 Å². The average molecular weight is 289 g/mol. The van der Waals surface area contributed by atoms with Crippen LogP contribution in [0.25, 0.3) is 0 Å². The summed E-state index contributed by atoms with van der Waals surface area (Å²) in [5.41, 5.74) is 0.687. The second-order valence-corrected chi connectivity index (χ2v) is 5.19. The molecule has 16 heavy (non-hydrogen) atoms. The highest BCUT2D eigenvalue weighted by molar-refractivity contribution is 9.10. The van der Waals surface area contributed by atoms with Gasteiger partial charge in [0.05, 0.1) is 12.2 Å². The van der Waals surface area contributed by atoms with Crippen molar-refractivity contribution in [1.29, 1.82) is 0 Å². The Morgan fingerprint density at radius 3 is 2.69 bits per heavy atom. The van der Waals surface area contributed by atoms with Gasteiger partial charge in [0.1, 0.15) is 5.82 Å². The third-order valence-corrected chi connectivity index (χ3v) is 3.71. The van der Waals surface area contributed by atoms with Crippen LogP contribution in [0.4, 0.5) is 4.39 Å². The lowest BCUT2D eigenvalue weighted by molar-refractivity contribution is 0.00662. The van der Waals surface area contributed by atoms with E-state index in [1.807, 2.05) is 0 Å². The van der Waals surface area contributed by atoms with Crippen LogP contribution in [0.5, 0.6) is 0 Å². The molecule has 1 aliphatic carbocycles. The minimum absolute atomic E-state index is 0.224. The van der Waals surface area contributed by atoms with E-state index >= 15 is 0 Å². The molecule has 2 rings (SSSR count). The van der Waals surface area contributed by atoms with Crippen molar-refractivity contribution in [1.82, 2.24) is 0 Å². The molecule has 0 amide bonds. The molecular formula is C12H14BrFO2. The molecule has 1 saturated carbocycles. The highest BCUT2D eigenvalue weighted by Crippen LogP contribution is 2.35. The van der Waals surface area contributed by atoms with E-state index in [0.29, 0.717) is 5.56 Å². The summed E-state index contributed by atoms with van der Waals surface area (Å²) in [6.45, 7) is 0. The van der Waals surface area contributed by atoms with Gasteiger partial charge in [-0.05, 0) is 42.5 Å². The topological polar surface area (TPSA) is 40.5 Å². The van der Waals surface area contributed by atoms with E-state index in [1.54, 1.807) is 6.07 Å². The Morgan fingerprint density at radius 2 is 2.06 bits per heavy atom. The molecular weight excluding hydrogens is 275 g/mol. The summed E-state index contributed by atoms with van der Waals surface area (Å²) in [5.74, 6) is -0.103. The second-order valence-electron chi connectivity index (χ2n) is 4.34. The molecule has 0 spiro atoms. The van der Waals surface area contributed by atoms with Gasteiger partial charge in [0.25, 0.3) is 0 Å². The summed E-state index contributed by atoms with van der Waals surface area (Å²) in [6, 6.07) is 4.35. The molecule has 1 aliphatic rings. The van der Waals surface area contributed by atoms with Gasteiger partial charge in [-0.3, -0.25) is 0 Å². The molecule has 1 aromatic rings. The maximum Gasteiger partial charge on any atom is 0.123 e. The van der Waals surface area contributed by atoms with Gasteiger partial charge in [0.2, 0.25) is 0 Å². The fourth-order valence-electron chi connectivity index (χ4n) is 1.80. The van der Waals surface area contributed by atoms with Crippen molar-refractivity contribution in [2.75, 3.05) is 0 Å². The van der Waals surface area contributed by atoms with E-state index in [0.717, 1.165) is 17.3 Å². The molecule has 0 bridgehead atoms. The van der Waals surface area contributed by atoms with Crippen LogP contribution in [0.15, 0.2) is 22.7 Å². The Hall–Kier alpha value is -0.450. The molecule has 2 N–H and O–H groups in total. The van der Waals surface area contributed by atoms with Crippen LogP contribution in [-0.4, -0.2) is 22.4 Å². The van der Waals surface area contributed by atoms with Crippen LogP contribution in [-0.2, 0) is 6.42 Å². The third-order valence-electron chi connectivity index (χ3n) is 2.94. The van der Waals surface area contributed by atoms with Crippen molar-refractivity contribution in [3.05, 3.63) is 34.1 Å². The largest absolute Gasteiger partial charge is 0.390 e. The monoisotopic (exact) mass is 288 g/mol. The molecule has 0 saturated heterocycles. The quantitative estimate of drug-likeness (QED) is 0.892. The zero-order valence-electron chi connectivity index (χ0n) is 8.74. The van der Waals surface area contributed by atoms with Crippen LogP contribution in [0.2, 0.25) is 0 Å². The predicted octanol–water partition coefficient (Wildman–Crippen LogP) is 2.26. The zero-order valence-corrected chi connectivity index (χ0v) is 10.3. The van der Waals surface area contributed by atoms with Gasteiger partial charge in [0, 0.05) is 10.9 Å². The smallest absolute Gasteiger partial charge is 0.123 e. The highest BCUT2D eigenvalue weighted by atomic mass is 79.9. The second kappa shape index (κ2) is 4.82. The average Bonchev–Trinajstić information content (AvgIpc) is 3.06. The zero-order chi connectivity index (χ0) is 11.7. The highest BCUT2D eigenvalue weighted by Gasteiger charge is 2.34. The minimum Gasteiger partial charge on any atom is -0.390 e. The van der Waals surface area contributed by atoms with Crippen molar-refractivity contribution in [2.24, 2.45) is 5.92 Å². The summed E-state index contributed by atoms with van der Waals surface area (Å²) in [7, 11) is 0. The first-order valence-corrected chi connectivity index (χ1v) is 6.17. The summed E-state index contributed by atoms with van der Waals surface area (Å²) >= 11 is 3.30. The molecule has 0 aliphatic heterocycles. The summed E-state index contributed by atoms with van der Waals surface area (Å²) in [4.78, 5) is 0. The first-order valence-electron chi connectivity index (χ1n) is 5.38. The van der Waals surface area contributed by atoms with Crippen LogP contribution in [0.3, 0.4) is 0 Å². The van der Waals surface area contributed by atoms with Crippen molar-refractivity contribution in [3.63, 3.8) is 0 Å². The molecule has 1 fully saturated rings. The molecule has 2 nitrogen and oxygen atoms in total. The van der Waals surface area contributed by atoms with E-state index in [-0.39, 0.29) is 18.2 Å². The first kappa shape index (κ1) is 12.0. The first-order chi connectivity index (χ1) is 7.58. The molecule has 0 radical (unpaired) electrons. The molecule has 0 aromatic heterocycles. The molecule has 88 valence electrons. The fraction of sp³-hybridized carbons (Fsp3) is 0.500. The molecule has 0 heterocycles. The predicted molar refractivity (Wildman–Crippen MR) is 62.5 cm³/mol. The van der Waals surface area contributed by atoms with Crippen molar-refractivity contribution >= 4 is 15.9 Å². The third kappa shape index (κ3) is 2.81. The minimum atomic E-state index is -0.814. The SMILES string of the molecule is OC(Cc1cc(F)ccc1Br)C(O)C1CC1. The maximum absolute atomic E-state index is 13.0. The molecule has 2 atom stereocenters. The van der Waals surface area contributed by atoms with Crippen molar-refractivity contribution in [2.45, 2.75) is 31.5 Å². The Kier molecular flexibility index (Phi) is 3.62. The summed E-state index contributed by atoms with van der Waals surface area (Å²) in [5, 5.41) is 19.5. The van der Waals surface area contributed by atoms with Gasteiger partial charge in [-0.15, -0.1) is 0 Å². The van der Waals surface area contributed by atoms with E-state index in [2.05, 4.69) is 15.9 Å². The number of rotatable bonds is 4. The maximum atomic E-state index is 13.0. The van der Waals surface area contributed by atoms with Crippen LogP contribution in [0.1, 0.15) is 18.4 Å². The van der Waals surface area contributed by atoms with Crippen LogP contribution < -0.4 is 0 Å². The Balaban J connectivity index is 2.04. The normalized spacial score (nSPS) is 19.5. The lowest BCUT2D eigenvalue weighted by Gasteiger charge is -2.17. The van der Waals surface area contributed by atoms with Gasteiger partial charge in [-0.25, -0.2) is 4.39 Å². The summed E-state index contributed by atoms with van der Waals surface area (Å²) < 4.78 is 13.8. The Bertz CT molecular complexity index is 379. The summed E-state index contributed by atoms with van der Waals surface area (Å²) in [6.07, 6.45) is 0.724. The van der Waals surface area contributed by atoms with Gasteiger partial charge < -0.3 is 10.2 Å². The van der Waals surface area contributed by atoms with E-state index in [9.17, 15) is 14.6 Å². The van der Waals surface area contributed by atoms with E-state index < -0.39 is 12.2 Å². The van der Waals surface area contributed by atoms with Crippen LogP contribution in [0, 0.1) is 11.7 Å². The lowest BCUT2D eigenvalue weighted by atomic mass is 10.0. The van der Waals surface area contributed by atoms with E-state index in [1.165, 1.54) is 12.1 Å². The molecule has 2 unspecified atom stereocenters. The lowest BCUT2D eigenvalue weighted by Crippen LogP contribution is -2.29. The number of benzene rings is 1. The number of aliphatic hydroxyl groups is 2. The molecule has 1 aromatic carbocycles. The number of halogens is 2. The van der Waals surface area contributed by atoms with Crippen LogP contribution >= 0.6 is 15.9 Å². The Morgan fingerprint density at radius 1 is 1.38 bits per heavy atom. The number of hydrogen-bond donors (Lipinski definition) is 2. The van der Waals surface area contributed by atoms with Crippen molar-refractivity contribution < 1.29 is 14.6 Å². The Labute approximate surface area is 102 Å². The van der Waals surface area contributed by atoms with Gasteiger partial charge in [-0.2, -0.15) is 0 Å². The van der Waals surface area contributed by atoms with Crippen molar-refractivity contribution in [3.8, 4) is 0 Å². The fourth-order valence-corrected chi connectivity index (χ4v) is 2.21. The number of aliphatic hydroxyl groups excluding tert-OH is 2. The standard InChI is InChI=1S/C12H14BrFO2/c13-10-4-3-9(14)5-8(10)6-11(15)12(16)7-1-2-7/h3-5,7,11-12,15-16H,1-2,6H2. The van der Waals surface area contributed by atoms with Gasteiger partial charge in [-0.1, -0.05) is 15.9 Å². The number of hydrogen-bond acceptors (Lipinski definition) is 2. The van der Waals surface area contributed by atoms with E-state index in [4.69, 9.17) is 0 Å². The molecule has 4 heteroatoms. The van der Waals surface area contributed by atoms with Gasteiger partial charge in [0.15, 0.2) is 0 Å².